The third-order valence-corrected chi connectivity index (χ3v) is 2.73. The number of aliphatic hydroxyl groups excluding tert-OH is 1. The fraction of sp³-hybridized carbons (Fsp3) is 0.667. The Kier molecular flexibility index (Phi) is 7.33. The number of nitro groups is 1. The number of hydrogen-bond donors (Lipinski definition) is 3. The molecule has 0 spiro atoms. The van der Waals surface area contributed by atoms with E-state index >= 15 is 0 Å². The molecular weight excluding hydrogens is 278 g/mol. The Morgan fingerprint density at radius 3 is 2.76 bits per heavy atom. The summed E-state index contributed by atoms with van der Waals surface area (Å²) in [7, 11) is 1.52. The fourth-order valence-corrected chi connectivity index (χ4v) is 1.78. The van der Waals surface area contributed by atoms with Crippen molar-refractivity contribution in [2.24, 2.45) is 0 Å². The van der Waals surface area contributed by atoms with Crippen LogP contribution in [0, 0.1) is 10.1 Å². The lowest BCUT2D eigenvalue weighted by molar-refractivity contribution is -0.383. The van der Waals surface area contributed by atoms with E-state index < -0.39 is 4.92 Å². The lowest BCUT2D eigenvalue weighted by Gasteiger charge is -2.17. The second-order valence-electron chi connectivity index (χ2n) is 4.41. The number of methoxy groups -OCH3 is 1. The quantitative estimate of drug-likeness (QED) is 0.432. The molecule has 1 heterocycles. The van der Waals surface area contributed by atoms with E-state index in [1.165, 1.54) is 13.4 Å². The monoisotopic (exact) mass is 299 g/mol. The number of nitrogens with one attached hydrogen (secondary N) is 2. The maximum Gasteiger partial charge on any atom is 0.353 e. The van der Waals surface area contributed by atoms with Crippen LogP contribution in [0.1, 0.15) is 19.8 Å². The predicted molar refractivity (Wildman–Crippen MR) is 78.5 cm³/mol. The Morgan fingerprint density at radius 2 is 2.19 bits per heavy atom. The highest BCUT2D eigenvalue weighted by Gasteiger charge is 2.24. The number of aliphatic hydroxyl groups is 1. The minimum atomic E-state index is -0.525. The SMILES string of the molecule is CCCNc1ncnc(NC(CCO)COC)c1[N+](=O)[O-]. The maximum absolute atomic E-state index is 11.3. The van der Waals surface area contributed by atoms with Crippen molar-refractivity contribution < 1.29 is 14.8 Å². The molecule has 0 aromatic carbocycles. The zero-order valence-electron chi connectivity index (χ0n) is 12.2. The number of ether oxygens (including phenoxy) is 1. The molecule has 0 aliphatic carbocycles. The van der Waals surface area contributed by atoms with Crippen molar-refractivity contribution in [3.8, 4) is 0 Å². The number of rotatable bonds is 10. The Balaban J connectivity index is 3.01. The van der Waals surface area contributed by atoms with Crippen LogP contribution in [-0.4, -0.2) is 52.9 Å². The highest BCUT2D eigenvalue weighted by Crippen LogP contribution is 2.29. The van der Waals surface area contributed by atoms with Crippen LogP contribution in [0.5, 0.6) is 0 Å². The first kappa shape index (κ1) is 17.1. The molecule has 9 heteroatoms. The smallest absolute Gasteiger partial charge is 0.353 e. The highest BCUT2D eigenvalue weighted by molar-refractivity contribution is 5.69. The van der Waals surface area contributed by atoms with Crippen LogP contribution in [0.15, 0.2) is 6.33 Å². The molecule has 1 rings (SSSR count). The van der Waals surface area contributed by atoms with Gasteiger partial charge in [-0.05, 0) is 12.8 Å². The van der Waals surface area contributed by atoms with Gasteiger partial charge in [0, 0.05) is 20.3 Å². The van der Waals surface area contributed by atoms with Gasteiger partial charge in [0.05, 0.1) is 17.6 Å². The van der Waals surface area contributed by atoms with Crippen molar-refractivity contribution in [1.82, 2.24) is 9.97 Å². The number of hydrogen-bond acceptors (Lipinski definition) is 8. The normalized spacial score (nSPS) is 12.0. The third-order valence-electron chi connectivity index (χ3n) is 2.73. The summed E-state index contributed by atoms with van der Waals surface area (Å²) in [6.07, 6.45) is 2.48. The Bertz CT molecular complexity index is 451. The van der Waals surface area contributed by atoms with Gasteiger partial charge < -0.3 is 20.5 Å². The van der Waals surface area contributed by atoms with Crippen molar-refractivity contribution in [2.75, 3.05) is 37.5 Å². The number of nitrogens with zero attached hydrogens (tertiary/aromatic N) is 3. The molecule has 0 saturated carbocycles. The summed E-state index contributed by atoms with van der Waals surface area (Å²) in [5.41, 5.74) is -0.204. The standard InChI is InChI=1S/C12H21N5O4/c1-3-5-13-11-10(17(19)20)12(15-8-14-11)16-9(4-6-18)7-21-2/h8-9,18H,3-7H2,1-2H3,(H2,13,14,15,16). The first-order chi connectivity index (χ1) is 10.1. The van der Waals surface area contributed by atoms with E-state index in [4.69, 9.17) is 9.84 Å². The molecule has 0 fully saturated rings. The van der Waals surface area contributed by atoms with Gasteiger partial charge in [-0.2, -0.15) is 0 Å². The van der Waals surface area contributed by atoms with E-state index in [0.717, 1.165) is 6.42 Å². The van der Waals surface area contributed by atoms with E-state index in [1.807, 2.05) is 6.92 Å². The molecule has 9 nitrogen and oxygen atoms in total. The summed E-state index contributed by atoms with van der Waals surface area (Å²) in [5.74, 6) is 0.295. The van der Waals surface area contributed by atoms with E-state index in [2.05, 4.69) is 20.6 Å². The maximum atomic E-state index is 11.3. The highest BCUT2D eigenvalue weighted by atomic mass is 16.6. The van der Waals surface area contributed by atoms with Gasteiger partial charge >= 0.3 is 5.69 Å². The average Bonchev–Trinajstić information content (AvgIpc) is 2.45. The van der Waals surface area contributed by atoms with Crippen molar-refractivity contribution in [3.63, 3.8) is 0 Å². The summed E-state index contributed by atoms with van der Waals surface area (Å²) in [5, 5.41) is 26.1. The molecular formula is C12H21N5O4. The predicted octanol–water partition coefficient (Wildman–Crippen LogP) is 1.02. The van der Waals surface area contributed by atoms with Crippen LogP contribution >= 0.6 is 0 Å². The molecule has 21 heavy (non-hydrogen) atoms. The first-order valence-corrected chi connectivity index (χ1v) is 6.73. The summed E-state index contributed by atoms with van der Waals surface area (Å²) in [6.45, 7) is 2.78. The van der Waals surface area contributed by atoms with E-state index in [9.17, 15) is 10.1 Å². The largest absolute Gasteiger partial charge is 0.396 e. The van der Waals surface area contributed by atoms with Crippen LogP contribution in [-0.2, 0) is 4.74 Å². The molecule has 1 aromatic heterocycles. The van der Waals surface area contributed by atoms with Crippen molar-refractivity contribution >= 4 is 17.3 Å². The zero-order valence-corrected chi connectivity index (χ0v) is 12.2. The van der Waals surface area contributed by atoms with Crippen molar-refractivity contribution in [1.29, 1.82) is 0 Å². The molecule has 0 bridgehead atoms. The Labute approximate surface area is 122 Å². The molecule has 0 amide bonds. The van der Waals surface area contributed by atoms with Gasteiger partial charge in [-0.15, -0.1) is 0 Å². The van der Waals surface area contributed by atoms with Gasteiger partial charge in [-0.25, -0.2) is 9.97 Å². The van der Waals surface area contributed by atoms with Crippen LogP contribution in [0.25, 0.3) is 0 Å². The van der Waals surface area contributed by atoms with Gasteiger partial charge in [0.15, 0.2) is 0 Å². The van der Waals surface area contributed by atoms with Gasteiger partial charge in [0.2, 0.25) is 11.6 Å². The first-order valence-electron chi connectivity index (χ1n) is 6.73. The van der Waals surface area contributed by atoms with E-state index in [1.54, 1.807) is 0 Å². The summed E-state index contributed by atoms with van der Waals surface area (Å²) >= 11 is 0. The van der Waals surface area contributed by atoms with Crippen molar-refractivity contribution in [3.05, 3.63) is 16.4 Å². The minimum Gasteiger partial charge on any atom is -0.396 e. The van der Waals surface area contributed by atoms with Crippen LogP contribution < -0.4 is 10.6 Å². The van der Waals surface area contributed by atoms with Crippen LogP contribution in [0.4, 0.5) is 17.3 Å². The molecule has 0 radical (unpaired) electrons. The van der Waals surface area contributed by atoms with Gasteiger partial charge in [-0.3, -0.25) is 10.1 Å². The molecule has 1 atom stereocenters. The Hall–Kier alpha value is -2.00. The molecule has 3 N–H and O–H groups in total. The molecule has 1 unspecified atom stereocenters. The summed E-state index contributed by atoms with van der Waals surface area (Å²) in [6, 6.07) is -0.271. The molecule has 1 aromatic rings. The summed E-state index contributed by atoms with van der Waals surface area (Å²) in [4.78, 5) is 18.6. The molecule has 0 saturated heterocycles. The zero-order chi connectivity index (χ0) is 15.7. The number of aromatic nitrogens is 2. The lowest BCUT2D eigenvalue weighted by atomic mass is 10.2. The van der Waals surface area contributed by atoms with Gasteiger partial charge in [0.1, 0.15) is 6.33 Å². The van der Waals surface area contributed by atoms with Gasteiger partial charge in [0.25, 0.3) is 0 Å². The van der Waals surface area contributed by atoms with E-state index in [0.29, 0.717) is 19.6 Å². The Morgan fingerprint density at radius 1 is 1.48 bits per heavy atom. The topological polar surface area (TPSA) is 122 Å². The van der Waals surface area contributed by atoms with Crippen LogP contribution in [0.2, 0.25) is 0 Å². The van der Waals surface area contributed by atoms with Gasteiger partial charge in [-0.1, -0.05) is 6.92 Å². The third kappa shape index (κ3) is 5.12. The second kappa shape index (κ2) is 9.03. The fourth-order valence-electron chi connectivity index (χ4n) is 1.78. The molecule has 0 aliphatic heterocycles. The van der Waals surface area contributed by atoms with E-state index in [-0.39, 0.29) is 30.0 Å². The molecule has 0 aliphatic rings. The summed E-state index contributed by atoms with van der Waals surface area (Å²) < 4.78 is 5.02. The second-order valence-corrected chi connectivity index (χ2v) is 4.41. The van der Waals surface area contributed by atoms with Crippen LogP contribution in [0.3, 0.4) is 0 Å². The average molecular weight is 299 g/mol. The minimum absolute atomic E-state index is 0.0547. The number of anilines is 2. The molecule has 118 valence electrons. The lowest BCUT2D eigenvalue weighted by Crippen LogP contribution is -2.27. The van der Waals surface area contributed by atoms with Crippen molar-refractivity contribution in [2.45, 2.75) is 25.8 Å².